The van der Waals surface area contributed by atoms with Gasteiger partial charge >= 0.3 is 18.4 Å². The maximum Gasteiger partial charge on any atom is 0.418 e. The minimum atomic E-state index is -1.12. The third-order valence-corrected chi connectivity index (χ3v) is 2.95. The van der Waals surface area contributed by atoms with E-state index in [0.29, 0.717) is 6.42 Å². The van der Waals surface area contributed by atoms with Gasteiger partial charge in [0.2, 0.25) is 0 Å². The van der Waals surface area contributed by atoms with Crippen molar-refractivity contribution in [2.24, 2.45) is 5.92 Å². The van der Waals surface area contributed by atoms with Crippen LogP contribution in [0.1, 0.15) is 46.5 Å². The van der Waals surface area contributed by atoms with Gasteiger partial charge in [-0.1, -0.05) is 13.3 Å². The minimum absolute atomic E-state index is 0.209. The van der Waals surface area contributed by atoms with E-state index >= 15 is 0 Å². The molecule has 0 spiro atoms. The van der Waals surface area contributed by atoms with E-state index in [1.54, 1.807) is 0 Å². The Bertz CT molecular complexity index is 401. The van der Waals surface area contributed by atoms with Crippen molar-refractivity contribution in [2.75, 3.05) is 13.7 Å². The second-order valence-electron chi connectivity index (χ2n) is 5.45. The van der Waals surface area contributed by atoms with Gasteiger partial charge in [-0.05, 0) is 20.3 Å². The summed E-state index contributed by atoms with van der Waals surface area (Å²) in [5.74, 6) is -2.86. The molecule has 0 saturated heterocycles. The van der Waals surface area contributed by atoms with Crippen LogP contribution in [0.5, 0.6) is 0 Å². The highest BCUT2D eigenvalue weighted by Crippen LogP contribution is 2.15. The molecule has 7 nitrogen and oxygen atoms in total. The van der Waals surface area contributed by atoms with E-state index in [2.05, 4.69) is 9.47 Å². The lowest BCUT2D eigenvalue weighted by Gasteiger charge is -2.21. The van der Waals surface area contributed by atoms with E-state index in [4.69, 9.17) is 4.74 Å². The summed E-state index contributed by atoms with van der Waals surface area (Å²) >= 11 is 0. The van der Waals surface area contributed by atoms with Crippen molar-refractivity contribution in [3.63, 3.8) is 0 Å². The Morgan fingerprint density at radius 1 is 1.23 bits per heavy atom. The number of ketones is 1. The van der Waals surface area contributed by atoms with Crippen molar-refractivity contribution in [2.45, 2.75) is 52.1 Å². The van der Waals surface area contributed by atoms with Crippen molar-refractivity contribution in [1.29, 1.82) is 0 Å². The van der Waals surface area contributed by atoms with E-state index in [1.807, 2.05) is 6.92 Å². The summed E-state index contributed by atoms with van der Waals surface area (Å²) in [4.78, 5) is 45.4. The normalized spacial score (nSPS) is 12.2. The number of rotatable bonds is 11. The van der Waals surface area contributed by atoms with Crippen molar-refractivity contribution in [3.05, 3.63) is 0 Å². The van der Waals surface area contributed by atoms with Gasteiger partial charge in [-0.25, -0.2) is 4.79 Å². The number of hydrogen-bond acceptors (Lipinski definition) is 7. The predicted octanol–water partition coefficient (Wildman–Crippen LogP) is 1.33. The topological polar surface area (TPSA) is 96.0 Å². The lowest BCUT2D eigenvalue weighted by atomic mass is 10.0. The molecule has 0 aromatic rings. The number of methoxy groups -OCH3 is 1. The van der Waals surface area contributed by atoms with Gasteiger partial charge in [0, 0.05) is 6.42 Å². The van der Waals surface area contributed by atoms with Gasteiger partial charge in [0.15, 0.2) is 5.78 Å². The molecule has 0 aromatic carbocycles. The van der Waals surface area contributed by atoms with Gasteiger partial charge in [-0.2, -0.15) is 0 Å². The summed E-state index contributed by atoms with van der Waals surface area (Å²) in [6.45, 7) is 5.84. The molecule has 1 atom stereocenters. The highest BCUT2D eigenvalue weighted by atomic mass is 16.6. The Labute approximate surface area is 130 Å². The average molecular weight is 315 g/mol. The Kier molecular flexibility index (Phi) is 9.05. The number of carbonyl (C=O) groups is 3. The van der Waals surface area contributed by atoms with Crippen molar-refractivity contribution < 1.29 is 33.4 Å². The predicted molar refractivity (Wildman–Crippen MR) is 76.5 cm³/mol. The molecule has 0 amide bonds. The van der Waals surface area contributed by atoms with E-state index in [0.717, 1.165) is 6.42 Å². The van der Waals surface area contributed by atoms with Gasteiger partial charge in [0.05, 0.1) is 13.5 Å². The summed E-state index contributed by atoms with van der Waals surface area (Å²) in [5, 5.41) is 0. The van der Waals surface area contributed by atoms with E-state index in [9.17, 15) is 19.2 Å². The zero-order chi connectivity index (χ0) is 17.2. The van der Waals surface area contributed by atoms with E-state index in [1.165, 1.54) is 27.4 Å². The molecule has 0 bridgehead atoms. The number of ether oxygens (including phenoxy) is 3. The number of Topliss-reactive ketones (excluding diaryl/α,β-unsaturated/α-hetero) is 1. The van der Waals surface area contributed by atoms with Crippen LogP contribution in [0.15, 0.2) is 0 Å². The molecule has 0 aliphatic rings. The van der Waals surface area contributed by atoms with Crippen molar-refractivity contribution in [3.8, 4) is 0 Å². The molecule has 125 valence electrons. The first-order valence-electron chi connectivity index (χ1n) is 7.08. The number of esters is 2. The molecule has 22 heavy (non-hydrogen) atoms. The third kappa shape index (κ3) is 7.75. The number of hydrogen-bond donors (Lipinski definition) is 0. The molecule has 0 rings (SSSR count). The Morgan fingerprint density at radius 3 is 2.36 bits per heavy atom. The summed E-state index contributed by atoms with van der Waals surface area (Å²) in [6.07, 6.45) is 1.48. The second kappa shape index (κ2) is 9.92. The van der Waals surface area contributed by atoms with Crippen LogP contribution in [0.25, 0.3) is 0 Å². The molecule has 0 aliphatic carbocycles. The molecule has 7 heteroatoms. The highest BCUT2D eigenvalue weighted by molar-refractivity contribution is 5.99. The van der Waals surface area contributed by atoms with Crippen LogP contribution in [0, 0.1) is 5.92 Å². The van der Waals surface area contributed by atoms with Crippen LogP contribution in [-0.2, 0) is 33.4 Å². The lowest BCUT2D eigenvalue weighted by molar-refractivity contribution is -0.157. The molecule has 0 heterocycles. The van der Waals surface area contributed by atoms with Gasteiger partial charge in [-0.15, -0.1) is 0 Å². The monoisotopic (exact) mass is 315 g/mol. The summed E-state index contributed by atoms with van der Waals surface area (Å²) in [6, 6.07) is 0. The molecule has 0 fully saturated rings. The first-order valence-corrected chi connectivity index (χ1v) is 7.08. The zero-order valence-electron chi connectivity index (χ0n) is 13.5. The van der Waals surface area contributed by atoms with Crippen molar-refractivity contribution in [1.82, 2.24) is 0 Å². The SMILES string of the molecule is CCCCC(=O)C(COC(=O)CC(C)(C)O[C]=O)C(=O)OC. The molecule has 1 unspecified atom stereocenters. The first-order chi connectivity index (χ1) is 10.3. The number of unbranched alkanes of at least 4 members (excludes halogenated alkanes) is 1. The second-order valence-corrected chi connectivity index (χ2v) is 5.45. The van der Waals surface area contributed by atoms with Gasteiger partial charge in [0.1, 0.15) is 18.1 Å². The van der Waals surface area contributed by atoms with Crippen LogP contribution in [-0.4, -0.2) is 43.5 Å². The zero-order valence-corrected chi connectivity index (χ0v) is 13.5. The first kappa shape index (κ1) is 20.1. The molecule has 0 saturated carbocycles. The highest BCUT2D eigenvalue weighted by Gasteiger charge is 2.30. The van der Waals surface area contributed by atoms with Crippen LogP contribution < -0.4 is 0 Å². The number of carbonyl (C=O) groups excluding carboxylic acids is 4. The summed E-state index contributed by atoms with van der Waals surface area (Å²) < 4.78 is 14.1. The fraction of sp³-hybridized carbons (Fsp3) is 0.733. The smallest absolute Gasteiger partial charge is 0.418 e. The van der Waals surface area contributed by atoms with Crippen LogP contribution in [0.3, 0.4) is 0 Å². The largest absolute Gasteiger partial charge is 0.468 e. The van der Waals surface area contributed by atoms with Gasteiger partial charge in [-0.3, -0.25) is 14.4 Å². The van der Waals surface area contributed by atoms with E-state index in [-0.39, 0.29) is 25.2 Å². The van der Waals surface area contributed by atoms with Crippen LogP contribution in [0.4, 0.5) is 0 Å². The fourth-order valence-corrected chi connectivity index (χ4v) is 1.68. The van der Waals surface area contributed by atoms with Crippen molar-refractivity contribution >= 4 is 24.2 Å². The molecular weight excluding hydrogens is 292 g/mol. The van der Waals surface area contributed by atoms with Gasteiger partial charge in [0.25, 0.3) is 0 Å². The van der Waals surface area contributed by atoms with E-state index < -0.39 is 23.5 Å². The lowest BCUT2D eigenvalue weighted by Crippen LogP contribution is -2.33. The molecule has 1 radical (unpaired) electrons. The Hall–Kier alpha value is -1.92. The fourth-order valence-electron chi connectivity index (χ4n) is 1.68. The Balaban J connectivity index is 4.56. The van der Waals surface area contributed by atoms with Crippen LogP contribution in [0.2, 0.25) is 0 Å². The summed E-state index contributed by atoms with van der Waals surface area (Å²) in [5.41, 5.74) is -1.06. The van der Waals surface area contributed by atoms with Gasteiger partial charge < -0.3 is 14.2 Å². The molecule has 0 aliphatic heterocycles. The summed E-state index contributed by atoms with van der Waals surface area (Å²) in [7, 11) is 1.17. The molecule has 0 aromatic heterocycles. The van der Waals surface area contributed by atoms with Crippen LogP contribution >= 0.6 is 0 Å². The third-order valence-electron chi connectivity index (χ3n) is 2.95. The Morgan fingerprint density at radius 2 is 1.86 bits per heavy atom. The average Bonchev–Trinajstić information content (AvgIpc) is 2.43. The standard InChI is InChI=1S/C15H23O7/c1-5-6-7-12(17)11(14(19)20-4)9-21-13(18)8-15(2,3)22-10-16/h11H,5-9H2,1-4H3. The molecule has 0 N–H and O–H groups in total. The molecular formula is C15H23O7. The minimum Gasteiger partial charge on any atom is -0.468 e. The maximum absolute atomic E-state index is 11.9. The maximum atomic E-state index is 11.9. The quantitative estimate of drug-likeness (QED) is 0.322.